The Hall–Kier alpha value is -4.34. The van der Waals surface area contributed by atoms with Gasteiger partial charge in [0, 0.05) is 37.1 Å². The molecule has 0 fully saturated rings. The number of aromatic hydroxyl groups is 1. The van der Waals surface area contributed by atoms with Crippen LogP contribution < -0.4 is 21.3 Å². The van der Waals surface area contributed by atoms with Crippen LogP contribution in [0.3, 0.4) is 0 Å². The van der Waals surface area contributed by atoms with Gasteiger partial charge in [-0.3, -0.25) is 14.4 Å². The summed E-state index contributed by atoms with van der Waals surface area (Å²) in [4.78, 5) is 41.4. The van der Waals surface area contributed by atoms with Gasteiger partial charge in [0.05, 0.1) is 6.54 Å². The molecule has 3 amide bonds. The predicted octanol–water partition coefficient (Wildman–Crippen LogP) is 4.65. The minimum absolute atomic E-state index is 0.0474. The van der Waals surface area contributed by atoms with E-state index in [-0.39, 0.29) is 42.5 Å². The molecule has 0 spiro atoms. The third-order valence-corrected chi connectivity index (χ3v) is 9.02. The summed E-state index contributed by atoms with van der Waals surface area (Å²) in [5, 5.41) is 22.3. The number of nitrogens with one attached hydrogen (secondary N) is 4. The molecule has 0 radical (unpaired) electrons. The number of amides is 3. The lowest BCUT2D eigenvalue weighted by Gasteiger charge is -2.33. The van der Waals surface area contributed by atoms with Gasteiger partial charge in [-0.1, -0.05) is 58.4 Å². The number of para-hydroxylation sites is 1. The fourth-order valence-electron chi connectivity index (χ4n) is 6.35. The van der Waals surface area contributed by atoms with Gasteiger partial charge in [-0.25, -0.2) is 4.39 Å². The van der Waals surface area contributed by atoms with Crippen molar-refractivity contribution in [3.63, 3.8) is 0 Å². The van der Waals surface area contributed by atoms with Crippen molar-refractivity contribution < 1.29 is 23.9 Å². The van der Waals surface area contributed by atoms with Gasteiger partial charge < -0.3 is 30.9 Å². The Morgan fingerprint density at radius 1 is 0.957 bits per heavy atom. The summed E-state index contributed by atoms with van der Waals surface area (Å²) in [6, 6.07) is 14.2. The van der Waals surface area contributed by atoms with Crippen LogP contribution in [0.4, 0.5) is 10.1 Å². The molecule has 10 heteroatoms. The van der Waals surface area contributed by atoms with E-state index in [0.717, 1.165) is 24.1 Å². The number of fused-ring (bicyclic) bond motifs is 1. The lowest BCUT2D eigenvalue weighted by Crippen LogP contribution is -2.57. The molecule has 1 aliphatic heterocycles. The van der Waals surface area contributed by atoms with Crippen molar-refractivity contribution in [2.45, 2.75) is 72.0 Å². The van der Waals surface area contributed by atoms with E-state index in [4.69, 9.17) is 0 Å². The van der Waals surface area contributed by atoms with Crippen molar-refractivity contribution in [1.82, 2.24) is 20.5 Å². The van der Waals surface area contributed by atoms with Crippen molar-refractivity contribution in [3.8, 4) is 5.75 Å². The topological polar surface area (TPSA) is 124 Å². The van der Waals surface area contributed by atoms with Crippen molar-refractivity contribution in [3.05, 3.63) is 83.9 Å². The highest BCUT2D eigenvalue weighted by Gasteiger charge is 2.35. The highest BCUT2D eigenvalue weighted by atomic mass is 19.1. The second-order valence-corrected chi connectivity index (χ2v) is 12.7. The van der Waals surface area contributed by atoms with E-state index < -0.39 is 35.5 Å². The van der Waals surface area contributed by atoms with Crippen molar-refractivity contribution in [2.75, 3.05) is 18.4 Å². The molecule has 1 aliphatic rings. The van der Waals surface area contributed by atoms with Crippen molar-refractivity contribution in [2.24, 2.45) is 23.7 Å². The molecule has 5 N–H and O–H groups in total. The molecule has 5 atom stereocenters. The average Bonchev–Trinajstić information content (AvgIpc) is 3.55. The highest BCUT2D eigenvalue weighted by Crippen LogP contribution is 2.31. The van der Waals surface area contributed by atoms with E-state index >= 15 is 0 Å². The second-order valence-electron chi connectivity index (χ2n) is 12.7. The van der Waals surface area contributed by atoms with Crippen LogP contribution in [-0.2, 0) is 33.8 Å². The number of rotatable bonds is 6. The number of halogens is 1. The fourth-order valence-corrected chi connectivity index (χ4v) is 6.35. The van der Waals surface area contributed by atoms with Crippen LogP contribution in [0.25, 0.3) is 0 Å². The zero-order valence-electron chi connectivity index (χ0n) is 27.3. The summed E-state index contributed by atoms with van der Waals surface area (Å²) in [6.45, 7) is 9.13. The number of aryl methyl sites for hydroxylation is 1. The van der Waals surface area contributed by atoms with E-state index in [1.165, 1.54) is 12.1 Å². The lowest BCUT2D eigenvalue weighted by molar-refractivity contribution is -0.135. The number of anilines is 1. The minimum atomic E-state index is -0.900. The van der Waals surface area contributed by atoms with Crippen LogP contribution in [0, 0.1) is 29.5 Å². The first-order valence-electron chi connectivity index (χ1n) is 16.4. The largest absolute Gasteiger partial charge is 0.505 e. The van der Waals surface area contributed by atoms with E-state index in [2.05, 4.69) is 34.3 Å². The predicted molar refractivity (Wildman–Crippen MR) is 178 cm³/mol. The SMILES string of the molecule is CCC1[C@H](Cc2ccc(O)c(F)c2)C(=O)N[C@H](C(C)C)C(=O)N[C@@H](Cn2cccc2)C(=O)NCCCc2ccccc2NC[C@@H]1C. The second kappa shape index (κ2) is 16.3. The Morgan fingerprint density at radius 2 is 1.70 bits per heavy atom. The van der Waals surface area contributed by atoms with Gasteiger partial charge in [-0.2, -0.15) is 0 Å². The van der Waals surface area contributed by atoms with Gasteiger partial charge in [-0.05, 0) is 78.5 Å². The lowest BCUT2D eigenvalue weighted by atomic mass is 9.76. The third-order valence-electron chi connectivity index (χ3n) is 9.02. The monoisotopic (exact) mass is 633 g/mol. The van der Waals surface area contributed by atoms with Crippen LogP contribution in [-0.4, -0.2) is 52.6 Å². The Kier molecular flexibility index (Phi) is 12.2. The number of nitrogens with zero attached hydrogens (tertiary/aromatic N) is 1. The number of carbonyl (C=O) groups is 3. The average molecular weight is 634 g/mol. The third kappa shape index (κ3) is 9.11. The molecular formula is C36H48FN5O4. The number of phenols is 1. The molecule has 4 rings (SSSR count). The molecule has 1 unspecified atom stereocenters. The zero-order valence-corrected chi connectivity index (χ0v) is 27.3. The minimum Gasteiger partial charge on any atom is -0.505 e. The highest BCUT2D eigenvalue weighted by molar-refractivity contribution is 5.92. The van der Waals surface area contributed by atoms with Gasteiger partial charge in [0.25, 0.3) is 0 Å². The van der Waals surface area contributed by atoms with E-state index in [0.29, 0.717) is 25.1 Å². The van der Waals surface area contributed by atoms with Crippen LogP contribution >= 0.6 is 0 Å². The summed E-state index contributed by atoms with van der Waals surface area (Å²) in [6.07, 6.45) is 6.04. The van der Waals surface area contributed by atoms with Gasteiger partial charge in [-0.15, -0.1) is 0 Å². The van der Waals surface area contributed by atoms with Gasteiger partial charge in [0.2, 0.25) is 17.7 Å². The first kappa shape index (κ1) is 34.5. The van der Waals surface area contributed by atoms with E-state index in [9.17, 15) is 23.9 Å². The molecule has 0 saturated carbocycles. The quantitative estimate of drug-likeness (QED) is 0.270. The number of carbonyl (C=O) groups excluding carboxylic acids is 3. The molecule has 1 aromatic heterocycles. The maximum Gasteiger partial charge on any atom is 0.244 e. The number of hydrogen-bond donors (Lipinski definition) is 5. The van der Waals surface area contributed by atoms with Crippen LogP contribution in [0.5, 0.6) is 5.75 Å². The fraction of sp³-hybridized carbons (Fsp3) is 0.472. The summed E-state index contributed by atoms with van der Waals surface area (Å²) in [5.74, 6) is -3.17. The zero-order chi connectivity index (χ0) is 33.2. The molecule has 46 heavy (non-hydrogen) atoms. The molecule has 248 valence electrons. The summed E-state index contributed by atoms with van der Waals surface area (Å²) in [7, 11) is 0. The standard InChI is InChI=1S/C36H48FN5O4/c1-5-27-24(4)21-39-30-13-7-6-11-26(30)12-10-16-38-35(45)31(22-42-17-8-9-18-42)40-36(46)33(23(2)3)41-34(44)28(27)19-25-14-15-32(43)29(37)20-25/h6-9,11,13-15,17-18,20,23-24,27-28,31,33,39,43H,5,10,12,16,19,21-22H2,1-4H3,(H,38,45)(H,40,46)(H,41,44)/t24-,27?,28-,31-,33+/m0/s1. The van der Waals surface area contributed by atoms with Gasteiger partial charge in [0.15, 0.2) is 11.6 Å². The molecular weight excluding hydrogens is 585 g/mol. The number of benzene rings is 2. The van der Waals surface area contributed by atoms with Crippen molar-refractivity contribution in [1.29, 1.82) is 0 Å². The van der Waals surface area contributed by atoms with Gasteiger partial charge in [0.1, 0.15) is 12.1 Å². The molecule has 0 saturated heterocycles. The van der Waals surface area contributed by atoms with Crippen LogP contribution in [0.15, 0.2) is 67.0 Å². The maximum atomic E-state index is 14.4. The van der Waals surface area contributed by atoms with Gasteiger partial charge >= 0.3 is 0 Å². The maximum absolute atomic E-state index is 14.4. The molecule has 2 heterocycles. The first-order chi connectivity index (χ1) is 22.1. The molecule has 9 nitrogen and oxygen atoms in total. The van der Waals surface area contributed by atoms with Crippen LogP contribution in [0.1, 0.15) is 51.7 Å². The van der Waals surface area contributed by atoms with Crippen molar-refractivity contribution >= 4 is 23.4 Å². The Balaban J connectivity index is 1.69. The molecule has 0 bridgehead atoms. The first-order valence-corrected chi connectivity index (χ1v) is 16.4. The Bertz CT molecular complexity index is 1460. The van der Waals surface area contributed by atoms with E-state index in [1.54, 1.807) is 6.07 Å². The molecule has 0 aliphatic carbocycles. The smallest absolute Gasteiger partial charge is 0.244 e. The number of hydrogen-bond acceptors (Lipinski definition) is 5. The van der Waals surface area contributed by atoms with Crippen LogP contribution in [0.2, 0.25) is 0 Å². The normalized spacial score (nSPS) is 23.7. The Morgan fingerprint density at radius 3 is 2.39 bits per heavy atom. The molecule has 3 aromatic rings. The van der Waals surface area contributed by atoms with E-state index in [1.807, 2.05) is 68.1 Å². The summed E-state index contributed by atoms with van der Waals surface area (Å²) < 4.78 is 16.2. The molecule has 2 aromatic carbocycles. The summed E-state index contributed by atoms with van der Waals surface area (Å²) in [5.41, 5.74) is 2.72. The Labute approximate surface area is 271 Å². The number of phenolic OH excluding ortho intramolecular Hbond substituents is 1. The number of aromatic nitrogens is 1. The summed E-state index contributed by atoms with van der Waals surface area (Å²) >= 11 is 0.